The summed E-state index contributed by atoms with van der Waals surface area (Å²) in [6.45, 7) is 4.17. The number of carbonyl (C=O) groups is 2. The zero-order valence-corrected chi connectivity index (χ0v) is 17.1. The minimum absolute atomic E-state index is 0.325. The Bertz CT molecular complexity index is 987. The molecule has 2 aromatic carbocycles. The molecule has 0 unspecified atom stereocenters. The van der Waals surface area contributed by atoms with Gasteiger partial charge in [-0.05, 0) is 55.0 Å². The second-order valence-corrected chi connectivity index (χ2v) is 7.61. The van der Waals surface area contributed by atoms with Gasteiger partial charge in [0.15, 0.2) is 5.58 Å². The standard InChI is InChI=1S/C23H26N4O3/c1-2-16-7-9-18(10-8-16)25-22(29)21(28)24-15-17-11-13-27(14-12-17)23-26-19-5-3-4-6-20(19)30-23/h3-10,17H,2,11-15H2,1H3,(H,24,28)(H,25,29). The summed E-state index contributed by atoms with van der Waals surface area (Å²) in [5.74, 6) is -0.912. The molecule has 2 amide bonds. The van der Waals surface area contributed by atoms with Crippen molar-refractivity contribution in [3.05, 3.63) is 54.1 Å². The quantitative estimate of drug-likeness (QED) is 0.635. The van der Waals surface area contributed by atoms with Crippen molar-refractivity contribution < 1.29 is 14.0 Å². The Morgan fingerprint density at radius 2 is 1.80 bits per heavy atom. The number of aromatic nitrogens is 1. The number of aryl methyl sites for hydroxylation is 1. The summed E-state index contributed by atoms with van der Waals surface area (Å²) in [6.07, 6.45) is 2.73. The number of piperidine rings is 1. The lowest BCUT2D eigenvalue weighted by Gasteiger charge is -2.30. The third-order valence-electron chi connectivity index (χ3n) is 5.55. The lowest BCUT2D eigenvalue weighted by Crippen LogP contribution is -2.41. The summed E-state index contributed by atoms with van der Waals surface area (Å²) >= 11 is 0. The van der Waals surface area contributed by atoms with Crippen molar-refractivity contribution in [2.45, 2.75) is 26.2 Å². The molecule has 1 fully saturated rings. The van der Waals surface area contributed by atoms with Gasteiger partial charge < -0.3 is 20.0 Å². The van der Waals surface area contributed by atoms with E-state index in [9.17, 15) is 9.59 Å². The van der Waals surface area contributed by atoms with E-state index in [0.717, 1.165) is 43.5 Å². The monoisotopic (exact) mass is 406 g/mol. The first-order valence-corrected chi connectivity index (χ1v) is 10.4. The highest BCUT2D eigenvalue weighted by molar-refractivity contribution is 6.39. The Morgan fingerprint density at radius 3 is 2.50 bits per heavy atom. The van der Waals surface area contributed by atoms with Crippen LogP contribution in [0.5, 0.6) is 0 Å². The summed E-state index contributed by atoms with van der Waals surface area (Å²) in [4.78, 5) is 30.9. The van der Waals surface area contributed by atoms with E-state index in [0.29, 0.717) is 24.2 Å². The number of carbonyl (C=O) groups excluding carboxylic acids is 2. The lowest BCUT2D eigenvalue weighted by molar-refractivity contribution is -0.136. The minimum atomic E-state index is -0.636. The Labute approximate surface area is 175 Å². The van der Waals surface area contributed by atoms with Crippen LogP contribution in [0.2, 0.25) is 0 Å². The lowest BCUT2D eigenvalue weighted by atomic mass is 9.97. The van der Waals surface area contributed by atoms with Crippen molar-refractivity contribution in [2.24, 2.45) is 5.92 Å². The topological polar surface area (TPSA) is 87.5 Å². The molecule has 4 rings (SSSR count). The number of fused-ring (bicyclic) bond motifs is 1. The first-order valence-electron chi connectivity index (χ1n) is 10.4. The number of oxazole rings is 1. The number of rotatable bonds is 5. The molecule has 0 bridgehead atoms. The third-order valence-corrected chi connectivity index (χ3v) is 5.55. The molecule has 1 aliphatic heterocycles. The van der Waals surface area contributed by atoms with Crippen LogP contribution < -0.4 is 15.5 Å². The molecular formula is C23H26N4O3. The number of hydrogen-bond acceptors (Lipinski definition) is 5. The summed E-state index contributed by atoms with van der Waals surface area (Å²) in [5.41, 5.74) is 3.45. The average Bonchev–Trinajstić information content (AvgIpc) is 3.22. The van der Waals surface area contributed by atoms with E-state index in [2.05, 4.69) is 27.4 Å². The van der Waals surface area contributed by atoms with Gasteiger partial charge in [-0.15, -0.1) is 0 Å². The van der Waals surface area contributed by atoms with Gasteiger partial charge in [0, 0.05) is 25.3 Å². The van der Waals surface area contributed by atoms with Crippen molar-refractivity contribution in [1.82, 2.24) is 10.3 Å². The van der Waals surface area contributed by atoms with Crippen LogP contribution in [0, 0.1) is 5.92 Å². The van der Waals surface area contributed by atoms with E-state index >= 15 is 0 Å². The number of nitrogens with one attached hydrogen (secondary N) is 2. The third kappa shape index (κ3) is 4.62. The zero-order valence-electron chi connectivity index (χ0n) is 17.1. The highest BCUT2D eigenvalue weighted by atomic mass is 16.4. The summed E-state index contributed by atoms with van der Waals surface area (Å²) < 4.78 is 5.84. The van der Waals surface area contributed by atoms with Crippen LogP contribution in [-0.4, -0.2) is 36.4 Å². The SMILES string of the molecule is CCc1ccc(NC(=O)C(=O)NCC2CCN(c3nc4ccccc4o3)CC2)cc1. The molecule has 3 aromatic rings. The zero-order chi connectivity index (χ0) is 20.9. The van der Waals surface area contributed by atoms with Gasteiger partial charge in [0.2, 0.25) is 0 Å². The van der Waals surface area contributed by atoms with Crippen LogP contribution in [0.3, 0.4) is 0 Å². The van der Waals surface area contributed by atoms with E-state index in [1.54, 1.807) is 0 Å². The molecule has 2 heterocycles. The molecule has 7 heteroatoms. The van der Waals surface area contributed by atoms with Crippen LogP contribution in [0.1, 0.15) is 25.3 Å². The molecule has 7 nitrogen and oxygen atoms in total. The minimum Gasteiger partial charge on any atom is -0.423 e. The van der Waals surface area contributed by atoms with E-state index in [1.165, 1.54) is 5.56 Å². The van der Waals surface area contributed by atoms with Gasteiger partial charge in [0.25, 0.3) is 6.01 Å². The van der Waals surface area contributed by atoms with Gasteiger partial charge in [-0.2, -0.15) is 4.98 Å². The predicted molar refractivity (Wildman–Crippen MR) is 116 cm³/mol. The maximum atomic E-state index is 12.1. The summed E-state index contributed by atoms with van der Waals surface area (Å²) in [7, 11) is 0. The second kappa shape index (κ2) is 8.98. The normalized spacial score (nSPS) is 14.6. The molecule has 1 aliphatic rings. The van der Waals surface area contributed by atoms with Gasteiger partial charge in [0.1, 0.15) is 5.52 Å². The highest BCUT2D eigenvalue weighted by Crippen LogP contribution is 2.26. The molecule has 0 spiro atoms. The van der Waals surface area contributed by atoms with Crippen LogP contribution in [0.15, 0.2) is 52.9 Å². The van der Waals surface area contributed by atoms with Crippen LogP contribution >= 0.6 is 0 Å². The predicted octanol–water partition coefficient (Wildman–Crippen LogP) is 3.36. The number of benzene rings is 2. The summed E-state index contributed by atoms with van der Waals surface area (Å²) in [5, 5.41) is 5.40. The first-order chi connectivity index (χ1) is 14.6. The Balaban J connectivity index is 1.22. The van der Waals surface area contributed by atoms with E-state index in [-0.39, 0.29) is 0 Å². The summed E-state index contributed by atoms with van der Waals surface area (Å²) in [6, 6.07) is 15.9. The van der Waals surface area contributed by atoms with Crippen molar-refractivity contribution in [3.8, 4) is 0 Å². The van der Waals surface area contributed by atoms with Crippen LogP contribution in [0.25, 0.3) is 11.1 Å². The van der Waals surface area contributed by atoms with Gasteiger partial charge in [-0.25, -0.2) is 0 Å². The molecule has 1 saturated heterocycles. The fraction of sp³-hybridized carbons (Fsp3) is 0.348. The van der Waals surface area contributed by atoms with Gasteiger partial charge in [-0.3, -0.25) is 9.59 Å². The molecule has 0 saturated carbocycles. The Kier molecular flexibility index (Phi) is 5.97. The van der Waals surface area contributed by atoms with Gasteiger partial charge in [0.05, 0.1) is 0 Å². The maximum Gasteiger partial charge on any atom is 0.313 e. The van der Waals surface area contributed by atoms with Gasteiger partial charge >= 0.3 is 11.8 Å². The number of hydrogen-bond donors (Lipinski definition) is 2. The van der Waals surface area contributed by atoms with Gasteiger partial charge in [-0.1, -0.05) is 31.2 Å². The second-order valence-electron chi connectivity index (χ2n) is 7.61. The van der Waals surface area contributed by atoms with E-state index in [1.807, 2.05) is 48.5 Å². The smallest absolute Gasteiger partial charge is 0.313 e. The fourth-order valence-electron chi connectivity index (χ4n) is 3.65. The molecule has 30 heavy (non-hydrogen) atoms. The molecule has 2 N–H and O–H groups in total. The molecule has 0 atom stereocenters. The van der Waals surface area contributed by atoms with E-state index in [4.69, 9.17) is 4.42 Å². The molecule has 156 valence electrons. The van der Waals surface area contributed by atoms with Crippen LogP contribution in [-0.2, 0) is 16.0 Å². The number of amides is 2. The Hall–Kier alpha value is -3.35. The van der Waals surface area contributed by atoms with Crippen molar-refractivity contribution in [2.75, 3.05) is 29.9 Å². The largest absolute Gasteiger partial charge is 0.423 e. The average molecular weight is 406 g/mol. The molecule has 1 aromatic heterocycles. The Morgan fingerprint density at radius 1 is 1.07 bits per heavy atom. The number of para-hydroxylation sites is 2. The van der Waals surface area contributed by atoms with Crippen molar-refractivity contribution >= 4 is 34.6 Å². The molecular weight excluding hydrogens is 380 g/mol. The fourth-order valence-corrected chi connectivity index (χ4v) is 3.65. The highest BCUT2D eigenvalue weighted by Gasteiger charge is 2.24. The van der Waals surface area contributed by atoms with Crippen molar-refractivity contribution in [1.29, 1.82) is 0 Å². The molecule has 0 aliphatic carbocycles. The van der Waals surface area contributed by atoms with Crippen LogP contribution in [0.4, 0.5) is 11.7 Å². The molecule has 0 radical (unpaired) electrons. The van der Waals surface area contributed by atoms with E-state index < -0.39 is 11.8 Å². The number of anilines is 2. The maximum absolute atomic E-state index is 12.1. The number of nitrogens with zero attached hydrogens (tertiary/aromatic N) is 2. The first kappa shape index (κ1) is 19.9. The van der Waals surface area contributed by atoms with Crippen molar-refractivity contribution in [3.63, 3.8) is 0 Å².